The first kappa shape index (κ1) is 21.0. The Hall–Kier alpha value is -2.75. The van der Waals surface area contributed by atoms with E-state index in [9.17, 15) is 18.0 Å². The van der Waals surface area contributed by atoms with E-state index in [1.54, 1.807) is 28.4 Å². The van der Waals surface area contributed by atoms with Gasteiger partial charge in [-0.2, -0.15) is 24.9 Å². The van der Waals surface area contributed by atoms with Crippen LogP contribution in [-0.2, 0) is 11.0 Å². The monoisotopic (exact) mass is 424 g/mol. The Kier molecular flexibility index (Phi) is 6.63. The molecule has 1 atom stereocenters. The SMILES string of the molecule is CSCCC(NC(=O)COc1ccccc1C(F)(F)F)c1nnc2ccccn12. The Labute approximate surface area is 169 Å². The molecule has 1 N–H and O–H groups in total. The highest BCUT2D eigenvalue weighted by atomic mass is 32.2. The summed E-state index contributed by atoms with van der Waals surface area (Å²) in [6.45, 7) is -0.542. The van der Waals surface area contributed by atoms with Crippen molar-refractivity contribution in [1.82, 2.24) is 19.9 Å². The number of nitrogens with zero attached hydrogens (tertiary/aromatic N) is 3. The molecule has 10 heteroatoms. The molecule has 0 aliphatic carbocycles. The number of halogens is 3. The van der Waals surface area contributed by atoms with Gasteiger partial charge >= 0.3 is 6.18 Å². The number of carbonyl (C=O) groups is 1. The van der Waals surface area contributed by atoms with Crippen molar-refractivity contribution in [3.05, 3.63) is 60.0 Å². The number of fused-ring (bicyclic) bond motifs is 1. The van der Waals surface area contributed by atoms with Gasteiger partial charge in [-0.25, -0.2) is 0 Å². The molecule has 1 aromatic carbocycles. The number of amides is 1. The van der Waals surface area contributed by atoms with Gasteiger partial charge in [0, 0.05) is 6.20 Å². The number of benzene rings is 1. The van der Waals surface area contributed by atoms with Gasteiger partial charge in [0.25, 0.3) is 5.91 Å². The molecule has 0 aliphatic heterocycles. The summed E-state index contributed by atoms with van der Waals surface area (Å²) >= 11 is 1.61. The Morgan fingerprint density at radius 1 is 1.21 bits per heavy atom. The first-order chi connectivity index (χ1) is 13.9. The molecule has 0 radical (unpaired) electrons. The molecule has 6 nitrogen and oxygen atoms in total. The fourth-order valence-electron chi connectivity index (χ4n) is 2.81. The third kappa shape index (κ3) is 5.20. The second-order valence-electron chi connectivity index (χ2n) is 6.17. The van der Waals surface area contributed by atoms with Gasteiger partial charge in [0.2, 0.25) is 0 Å². The number of ether oxygens (including phenoxy) is 1. The van der Waals surface area contributed by atoms with Gasteiger partial charge in [0.05, 0.1) is 11.6 Å². The van der Waals surface area contributed by atoms with E-state index in [-0.39, 0.29) is 5.75 Å². The predicted octanol–water partition coefficient (Wildman–Crippen LogP) is 3.74. The van der Waals surface area contributed by atoms with E-state index in [2.05, 4.69) is 15.5 Å². The van der Waals surface area contributed by atoms with Crippen LogP contribution in [0.15, 0.2) is 48.7 Å². The van der Waals surface area contributed by atoms with Gasteiger partial charge in [-0.05, 0) is 42.7 Å². The molecule has 2 aromatic heterocycles. The molecule has 3 aromatic rings. The second-order valence-corrected chi connectivity index (χ2v) is 7.16. The number of alkyl halides is 3. The summed E-state index contributed by atoms with van der Waals surface area (Å²) in [6.07, 6.45) is -0.243. The van der Waals surface area contributed by atoms with E-state index in [0.717, 1.165) is 11.8 Å². The van der Waals surface area contributed by atoms with E-state index in [0.29, 0.717) is 17.9 Å². The number of nitrogens with one attached hydrogen (secondary N) is 1. The highest BCUT2D eigenvalue weighted by Gasteiger charge is 2.34. The van der Waals surface area contributed by atoms with Gasteiger partial charge in [0.15, 0.2) is 18.1 Å². The average Bonchev–Trinajstić information content (AvgIpc) is 3.13. The van der Waals surface area contributed by atoms with Gasteiger partial charge in [-0.1, -0.05) is 18.2 Å². The largest absolute Gasteiger partial charge is 0.483 e. The lowest BCUT2D eigenvalue weighted by Gasteiger charge is -2.18. The second kappa shape index (κ2) is 9.17. The quantitative estimate of drug-likeness (QED) is 0.597. The number of pyridine rings is 1. The van der Waals surface area contributed by atoms with E-state index in [4.69, 9.17) is 4.74 Å². The zero-order valence-electron chi connectivity index (χ0n) is 15.5. The Bertz CT molecular complexity index is 977. The number of aromatic nitrogens is 3. The summed E-state index contributed by atoms with van der Waals surface area (Å²) in [5.74, 6) is 0.382. The van der Waals surface area contributed by atoms with Crippen molar-refractivity contribution in [1.29, 1.82) is 0 Å². The van der Waals surface area contributed by atoms with Crippen molar-refractivity contribution >= 4 is 23.3 Å². The van der Waals surface area contributed by atoms with Crippen LogP contribution in [0, 0.1) is 0 Å². The minimum Gasteiger partial charge on any atom is -0.483 e. The van der Waals surface area contributed by atoms with Crippen LogP contribution in [0.5, 0.6) is 5.75 Å². The molecular formula is C19H19F3N4O2S. The molecule has 0 fully saturated rings. The van der Waals surface area contributed by atoms with Crippen molar-refractivity contribution in [3.63, 3.8) is 0 Å². The summed E-state index contributed by atoms with van der Waals surface area (Å²) in [7, 11) is 0. The van der Waals surface area contributed by atoms with E-state index < -0.39 is 30.3 Å². The number of thioether (sulfide) groups is 1. The standard InChI is InChI=1S/C19H19F3N4O2S/c1-29-11-9-14(18-25-24-16-8-4-5-10-26(16)18)23-17(27)12-28-15-7-3-2-6-13(15)19(20,21)22/h2-8,10,14H,9,11-12H2,1H3,(H,23,27). The first-order valence-electron chi connectivity index (χ1n) is 8.77. The Morgan fingerprint density at radius 3 is 2.72 bits per heavy atom. The fraction of sp³-hybridized carbons (Fsp3) is 0.316. The summed E-state index contributed by atoms with van der Waals surface area (Å²) in [5, 5.41) is 11.0. The van der Waals surface area contributed by atoms with Crippen molar-refractivity contribution in [2.75, 3.05) is 18.6 Å². The lowest BCUT2D eigenvalue weighted by molar-refractivity contribution is -0.139. The van der Waals surface area contributed by atoms with E-state index in [1.165, 1.54) is 18.2 Å². The zero-order valence-corrected chi connectivity index (χ0v) is 16.3. The third-order valence-electron chi connectivity index (χ3n) is 4.15. The molecule has 2 heterocycles. The number of hydrogen-bond donors (Lipinski definition) is 1. The maximum atomic E-state index is 13.1. The van der Waals surface area contributed by atoms with E-state index >= 15 is 0 Å². The number of hydrogen-bond acceptors (Lipinski definition) is 5. The molecular weight excluding hydrogens is 405 g/mol. The molecule has 29 heavy (non-hydrogen) atoms. The van der Waals surface area contributed by atoms with Crippen molar-refractivity contribution in [2.24, 2.45) is 0 Å². The molecule has 0 saturated heterocycles. The van der Waals surface area contributed by atoms with Gasteiger partial charge < -0.3 is 10.1 Å². The maximum absolute atomic E-state index is 13.1. The van der Waals surface area contributed by atoms with Crippen LogP contribution in [-0.4, -0.2) is 39.1 Å². The molecule has 3 rings (SSSR count). The average molecular weight is 424 g/mol. The minimum atomic E-state index is -4.56. The predicted molar refractivity (Wildman–Crippen MR) is 104 cm³/mol. The molecule has 0 bridgehead atoms. The fourth-order valence-corrected chi connectivity index (χ4v) is 3.28. The van der Waals surface area contributed by atoms with Crippen LogP contribution in [0.1, 0.15) is 23.9 Å². The zero-order chi connectivity index (χ0) is 20.9. The Morgan fingerprint density at radius 2 is 1.97 bits per heavy atom. The summed E-state index contributed by atoms with van der Waals surface area (Å²) in [6, 6.07) is 9.79. The van der Waals surface area contributed by atoms with Crippen molar-refractivity contribution in [2.45, 2.75) is 18.6 Å². The number of para-hydroxylation sites is 1. The van der Waals surface area contributed by atoms with Crippen LogP contribution in [0.4, 0.5) is 13.2 Å². The highest BCUT2D eigenvalue weighted by Crippen LogP contribution is 2.35. The summed E-state index contributed by atoms with van der Waals surface area (Å²) in [5.41, 5.74) is -0.281. The smallest absolute Gasteiger partial charge is 0.419 e. The third-order valence-corrected chi connectivity index (χ3v) is 4.79. The first-order valence-corrected chi connectivity index (χ1v) is 10.2. The van der Waals surface area contributed by atoms with Crippen LogP contribution in [0.2, 0.25) is 0 Å². The van der Waals surface area contributed by atoms with Crippen LogP contribution < -0.4 is 10.1 Å². The number of carbonyl (C=O) groups excluding carboxylic acids is 1. The lowest BCUT2D eigenvalue weighted by atomic mass is 10.2. The van der Waals surface area contributed by atoms with Gasteiger partial charge in [-0.15, -0.1) is 10.2 Å². The van der Waals surface area contributed by atoms with Crippen LogP contribution in [0.3, 0.4) is 0 Å². The molecule has 0 aliphatic rings. The van der Waals surface area contributed by atoms with Crippen LogP contribution >= 0.6 is 11.8 Å². The van der Waals surface area contributed by atoms with Gasteiger partial charge in [0.1, 0.15) is 5.75 Å². The highest BCUT2D eigenvalue weighted by molar-refractivity contribution is 7.98. The molecule has 1 unspecified atom stereocenters. The molecule has 154 valence electrons. The van der Waals surface area contributed by atoms with E-state index in [1.807, 2.05) is 18.4 Å². The topological polar surface area (TPSA) is 68.5 Å². The van der Waals surface area contributed by atoms with Crippen molar-refractivity contribution < 1.29 is 22.7 Å². The normalized spacial score (nSPS) is 12.7. The van der Waals surface area contributed by atoms with Gasteiger partial charge in [-0.3, -0.25) is 9.20 Å². The summed E-state index contributed by atoms with van der Waals surface area (Å²) < 4.78 is 46.1. The van der Waals surface area contributed by atoms with Crippen LogP contribution in [0.25, 0.3) is 5.65 Å². The molecule has 1 amide bonds. The molecule has 0 spiro atoms. The Balaban J connectivity index is 1.72. The molecule has 0 saturated carbocycles. The number of rotatable bonds is 8. The lowest BCUT2D eigenvalue weighted by Crippen LogP contribution is -2.34. The maximum Gasteiger partial charge on any atom is 0.419 e. The summed E-state index contributed by atoms with van der Waals surface area (Å²) in [4.78, 5) is 12.4. The minimum absolute atomic E-state index is 0.385. The van der Waals surface area contributed by atoms with Crippen molar-refractivity contribution in [3.8, 4) is 5.75 Å².